The molecule has 0 amide bonds. The van der Waals surface area contributed by atoms with Crippen LogP contribution in [0.5, 0.6) is 0 Å². The van der Waals surface area contributed by atoms with Crippen molar-refractivity contribution in [2.75, 3.05) is 60.0 Å². The van der Waals surface area contributed by atoms with E-state index in [2.05, 4.69) is 78.4 Å². The van der Waals surface area contributed by atoms with Crippen molar-refractivity contribution in [1.29, 1.82) is 5.41 Å². The Morgan fingerprint density at radius 1 is 1.27 bits per heavy atom. The van der Waals surface area contributed by atoms with Crippen molar-refractivity contribution in [3.8, 4) is 0 Å². The highest BCUT2D eigenvalue weighted by molar-refractivity contribution is 5.84. The Bertz CT molecular complexity index is 918. The van der Waals surface area contributed by atoms with Crippen LogP contribution >= 0.6 is 0 Å². The van der Waals surface area contributed by atoms with Gasteiger partial charge in [-0.15, -0.1) is 0 Å². The van der Waals surface area contributed by atoms with Gasteiger partial charge in [-0.1, -0.05) is 69.8 Å². The van der Waals surface area contributed by atoms with Crippen molar-refractivity contribution in [2.45, 2.75) is 52.5 Å². The number of halogens is 1. The monoisotopic (exact) mass is 555 g/mol. The van der Waals surface area contributed by atoms with E-state index in [1.165, 1.54) is 37.1 Å². The van der Waals surface area contributed by atoms with Crippen LogP contribution in [0.4, 0.5) is 4.39 Å². The SMILES string of the molecule is C=C/C(F)=C\C=C/C.C=NC[C@H](NC)C(=N)N(C)CC1(C)CN(CC2CCOCC2)C1.CC(C)c1ccccc1. The summed E-state index contributed by atoms with van der Waals surface area (Å²) in [4.78, 5) is 8.55. The van der Waals surface area contributed by atoms with Crippen LogP contribution < -0.4 is 5.32 Å². The summed E-state index contributed by atoms with van der Waals surface area (Å²) in [5, 5.41) is 11.5. The molecule has 0 saturated carbocycles. The smallest absolute Gasteiger partial charge is 0.122 e. The Labute approximate surface area is 243 Å². The van der Waals surface area contributed by atoms with Crippen molar-refractivity contribution in [1.82, 2.24) is 15.1 Å². The third-order valence-corrected chi connectivity index (χ3v) is 7.20. The minimum absolute atomic E-state index is 0.0421. The molecule has 6 nitrogen and oxygen atoms in total. The summed E-state index contributed by atoms with van der Waals surface area (Å²) in [7, 11) is 3.89. The number of hydrogen-bond acceptors (Lipinski definition) is 5. The maximum absolute atomic E-state index is 12.0. The standard InChI is InChI=1S/C17H33N5O.C9H12.C7H9F/c1-17(11-21(4)16(18)15(20-3)9-19-2)12-22(13-17)10-14-5-7-23-8-6-14;1-8(2)9-6-4-3-5-7-9;1-3-5-6-7(8)4-2/h14-15,18,20H,2,5-13H2,1,3-4H3;3-8H,1-2H3;3-6H,2H2,1H3/b;;5-3-,7-6+/t15-;;/m0../s1. The van der Waals surface area contributed by atoms with Gasteiger partial charge in [0.05, 0.1) is 12.6 Å². The third kappa shape index (κ3) is 13.6. The van der Waals surface area contributed by atoms with E-state index in [0.29, 0.717) is 18.3 Å². The molecule has 0 radical (unpaired) electrons. The molecule has 40 heavy (non-hydrogen) atoms. The van der Waals surface area contributed by atoms with Gasteiger partial charge in [-0.05, 0) is 63.1 Å². The topological polar surface area (TPSA) is 64.0 Å². The van der Waals surface area contributed by atoms with Crippen molar-refractivity contribution in [3.05, 3.63) is 72.6 Å². The predicted octanol–water partition coefficient (Wildman–Crippen LogP) is 6.34. The fourth-order valence-corrected chi connectivity index (χ4v) is 5.02. The number of rotatable bonds is 11. The van der Waals surface area contributed by atoms with Crippen LogP contribution in [0.15, 0.2) is 72.0 Å². The Hall–Kier alpha value is -2.61. The zero-order valence-electron chi connectivity index (χ0n) is 25.8. The Balaban J connectivity index is 0.000000384. The molecule has 2 aliphatic rings. The lowest BCUT2D eigenvalue weighted by Crippen LogP contribution is -2.61. The summed E-state index contributed by atoms with van der Waals surface area (Å²) < 4.78 is 17.4. The zero-order valence-corrected chi connectivity index (χ0v) is 25.8. The molecule has 7 heteroatoms. The fraction of sp³-hybridized carbons (Fsp3) is 0.576. The van der Waals surface area contributed by atoms with E-state index in [1.54, 1.807) is 12.2 Å². The molecule has 2 aliphatic heterocycles. The molecule has 2 fully saturated rings. The van der Waals surface area contributed by atoms with Gasteiger partial charge in [0.1, 0.15) is 11.7 Å². The highest BCUT2D eigenvalue weighted by atomic mass is 19.1. The van der Waals surface area contributed by atoms with E-state index in [4.69, 9.17) is 10.1 Å². The lowest BCUT2D eigenvalue weighted by molar-refractivity contribution is -0.0241. The first-order chi connectivity index (χ1) is 19.1. The first-order valence-electron chi connectivity index (χ1n) is 14.4. The minimum Gasteiger partial charge on any atom is -0.381 e. The summed E-state index contributed by atoms with van der Waals surface area (Å²) in [6.07, 6.45) is 8.30. The molecule has 3 rings (SSSR count). The van der Waals surface area contributed by atoms with Crippen molar-refractivity contribution in [2.24, 2.45) is 16.3 Å². The third-order valence-electron chi connectivity index (χ3n) is 7.20. The van der Waals surface area contributed by atoms with Gasteiger partial charge in [-0.2, -0.15) is 0 Å². The molecule has 2 heterocycles. The summed E-state index contributed by atoms with van der Waals surface area (Å²) >= 11 is 0. The van der Waals surface area contributed by atoms with Gasteiger partial charge in [-0.25, -0.2) is 4.39 Å². The van der Waals surface area contributed by atoms with Gasteiger partial charge in [0.2, 0.25) is 0 Å². The number of amidine groups is 1. The lowest BCUT2D eigenvalue weighted by Gasteiger charge is -2.51. The van der Waals surface area contributed by atoms with Gasteiger partial charge in [0.15, 0.2) is 0 Å². The average Bonchev–Trinajstić information content (AvgIpc) is 2.95. The summed E-state index contributed by atoms with van der Waals surface area (Å²) in [5.74, 6) is 1.76. The second kappa shape index (κ2) is 19.5. The van der Waals surface area contributed by atoms with Gasteiger partial charge in [-0.3, -0.25) is 10.4 Å². The Morgan fingerprint density at radius 2 is 1.90 bits per heavy atom. The second-order valence-corrected chi connectivity index (χ2v) is 11.4. The highest BCUT2D eigenvalue weighted by Crippen LogP contribution is 2.32. The van der Waals surface area contributed by atoms with Crippen LogP contribution in [-0.2, 0) is 4.74 Å². The molecule has 224 valence electrons. The molecule has 2 saturated heterocycles. The molecule has 2 N–H and O–H groups in total. The maximum atomic E-state index is 12.0. The molecular formula is C33H54FN5O. The van der Waals surface area contributed by atoms with Gasteiger partial charge < -0.3 is 19.9 Å². The van der Waals surface area contributed by atoms with Crippen molar-refractivity contribution in [3.63, 3.8) is 0 Å². The number of likely N-dealkylation sites (N-methyl/N-ethyl adjacent to an activating group) is 2. The van der Waals surface area contributed by atoms with E-state index in [-0.39, 0.29) is 17.3 Å². The van der Waals surface area contributed by atoms with Gasteiger partial charge in [0.25, 0.3) is 0 Å². The van der Waals surface area contributed by atoms with Crippen LogP contribution in [0.25, 0.3) is 0 Å². The van der Waals surface area contributed by atoms with Crippen LogP contribution in [0.3, 0.4) is 0 Å². The Kier molecular flexibility index (Phi) is 17.2. The average molecular weight is 556 g/mol. The molecule has 0 unspecified atom stereocenters. The number of nitrogens with zero attached hydrogens (tertiary/aromatic N) is 3. The quantitative estimate of drug-likeness (QED) is 0.190. The number of ether oxygens (including phenoxy) is 1. The van der Waals surface area contributed by atoms with Crippen molar-refractivity contribution >= 4 is 12.6 Å². The normalized spacial score (nSPS) is 18.1. The van der Waals surface area contributed by atoms with E-state index >= 15 is 0 Å². The molecule has 0 spiro atoms. The highest BCUT2D eigenvalue weighted by Gasteiger charge is 2.40. The molecule has 1 aromatic carbocycles. The lowest BCUT2D eigenvalue weighted by atomic mass is 9.80. The zero-order chi connectivity index (χ0) is 30.0. The largest absolute Gasteiger partial charge is 0.381 e. The van der Waals surface area contributed by atoms with E-state index in [9.17, 15) is 4.39 Å². The van der Waals surface area contributed by atoms with Crippen LogP contribution in [0.2, 0.25) is 0 Å². The molecule has 0 aromatic heterocycles. The number of nitrogens with one attached hydrogen (secondary N) is 2. The number of aliphatic imine (C=N–C) groups is 1. The van der Waals surface area contributed by atoms with Crippen LogP contribution in [0, 0.1) is 16.7 Å². The van der Waals surface area contributed by atoms with E-state index in [1.807, 2.05) is 27.1 Å². The summed E-state index contributed by atoms with van der Waals surface area (Å²) in [5.41, 5.74) is 1.70. The van der Waals surface area contributed by atoms with Gasteiger partial charge in [0, 0.05) is 51.9 Å². The van der Waals surface area contributed by atoms with Gasteiger partial charge >= 0.3 is 0 Å². The maximum Gasteiger partial charge on any atom is 0.122 e. The van der Waals surface area contributed by atoms with Crippen LogP contribution in [0.1, 0.15) is 52.0 Å². The molecule has 0 bridgehead atoms. The molecule has 1 aromatic rings. The van der Waals surface area contributed by atoms with Crippen molar-refractivity contribution < 1.29 is 9.13 Å². The number of allylic oxidation sites excluding steroid dienone is 5. The number of hydrogen-bond donors (Lipinski definition) is 2. The Morgan fingerprint density at radius 3 is 2.38 bits per heavy atom. The molecule has 1 atom stereocenters. The van der Waals surface area contributed by atoms with Crippen LogP contribution in [-0.4, -0.2) is 88.4 Å². The summed E-state index contributed by atoms with van der Waals surface area (Å²) in [6.45, 7) is 22.1. The second-order valence-electron chi connectivity index (χ2n) is 11.4. The predicted molar refractivity (Wildman–Crippen MR) is 170 cm³/mol. The summed E-state index contributed by atoms with van der Waals surface area (Å²) in [6, 6.07) is 10.5. The molecule has 0 aliphatic carbocycles. The number of benzene rings is 1. The first-order valence-corrected chi connectivity index (χ1v) is 14.4. The van der Waals surface area contributed by atoms with E-state index in [0.717, 1.165) is 38.8 Å². The number of likely N-dealkylation sites (tertiary alicyclic amines) is 1. The first kappa shape index (κ1) is 35.4. The fourth-order valence-electron chi connectivity index (χ4n) is 5.02. The molecular weight excluding hydrogens is 501 g/mol. The minimum atomic E-state index is -0.303. The van der Waals surface area contributed by atoms with E-state index < -0.39 is 0 Å².